The average Bonchev–Trinajstić information content (AvgIpc) is 3.93. The standard InChI is InChI=1S/C54H78N4O14/c1-53(2,3)71-51(61)57-39-23-21-35(63-7)33-37(39)47(59)55-27-25-41(45(55)49(57)69-43-19-13-17-31-67-43)65-29-15-11-9-10-12-16-30-66-42-26-28-56-46(42)50(70-44-20-14-18-32-68-44)58(52(62)72-54(4,5)6)40-24-22-36(64-8)34-38(40)48(56)60/h21-24,33-34,41-46,49-50H,9-20,25-32H2,1-8H3/t41?,42?,43?,44?,45-,46-,49-,50-/m0/s1. The van der Waals surface area contributed by atoms with Gasteiger partial charge in [-0.05, 0) is 142 Å². The van der Waals surface area contributed by atoms with Crippen LogP contribution in [0.1, 0.15) is 152 Å². The number of benzene rings is 2. The van der Waals surface area contributed by atoms with E-state index in [1.54, 1.807) is 60.4 Å². The van der Waals surface area contributed by atoms with Gasteiger partial charge in [-0.15, -0.1) is 0 Å². The Kier molecular flexibility index (Phi) is 17.6. The fourth-order valence-electron chi connectivity index (χ4n) is 10.7. The Morgan fingerprint density at radius 1 is 0.569 bits per heavy atom. The smallest absolute Gasteiger partial charge is 0.417 e. The number of hydrogen-bond acceptors (Lipinski definition) is 14. The van der Waals surface area contributed by atoms with Gasteiger partial charge in [0.2, 0.25) is 0 Å². The third-order valence-electron chi connectivity index (χ3n) is 14.0. The largest absolute Gasteiger partial charge is 0.497 e. The summed E-state index contributed by atoms with van der Waals surface area (Å²) in [5.41, 5.74) is -0.178. The Morgan fingerprint density at radius 3 is 1.33 bits per heavy atom. The molecule has 4 fully saturated rings. The van der Waals surface area contributed by atoms with E-state index in [9.17, 15) is 19.2 Å². The second-order valence-electron chi connectivity index (χ2n) is 21.6. The molecule has 6 heterocycles. The van der Waals surface area contributed by atoms with Crippen LogP contribution in [0.15, 0.2) is 36.4 Å². The zero-order valence-electron chi connectivity index (χ0n) is 43.7. The fraction of sp³-hybridized carbons (Fsp3) is 0.704. The number of methoxy groups -OCH3 is 2. The summed E-state index contributed by atoms with van der Waals surface area (Å²) in [4.78, 5) is 63.9. The van der Waals surface area contributed by atoms with Crippen LogP contribution in [0, 0.1) is 0 Å². The van der Waals surface area contributed by atoms with Crippen molar-refractivity contribution >= 4 is 35.4 Å². The zero-order chi connectivity index (χ0) is 51.2. The Morgan fingerprint density at radius 2 is 0.972 bits per heavy atom. The number of fused-ring (bicyclic) bond motifs is 4. The van der Waals surface area contributed by atoms with Crippen LogP contribution in [0.5, 0.6) is 11.5 Å². The summed E-state index contributed by atoms with van der Waals surface area (Å²) < 4.78 is 61.9. The van der Waals surface area contributed by atoms with Crippen LogP contribution in [0.3, 0.4) is 0 Å². The van der Waals surface area contributed by atoms with E-state index in [2.05, 4.69) is 0 Å². The van der Waals surface area contributed by atoms with E-state index in [-0.39, 0.29) is 11.8 Å². The molecule has 2 aromatic rings. The first kappa shape index (κ1) is 53.6. The lowest BCUT2D eigenvalue weighted by molar-refractivity contribution is -0.202. The monoisotopic (exact) mass is 1010 g/mol. The number of anilines is 2. The quantitative estimate of drug-likeness (QED) is 0.137. The lowest BCUT2D eigenvalue weighted by Crippen LogP contribution is -2.58. The number of amides is 4. The maximum absolute atomic E-state index is 14.4. The third kappa shape index (κ3) is 12.6. The summed E-state index contributed by atoms with van der Waals surface area (Å²) in [6.07, 6.45) is 6.71. The van der Waals surface area contributed by atoms with Gasteiger partial charge in [0.15, 0.2) is 25.0 Å². The molecule has 0 saturated carbocycles. The SMILES string of the molecule is COc1ccc2c(c1)C(=O)N1CCC(OCCCCCCCCOC3CCN4C(=O)c5cc(OC)ccc5N(C(=O)OC(C)(C)C)[C@@H](OC5CCCCO5)[C@H]34)[C@H]1[C@H](OC1CCCCO1)N2C(=O)OC(C)(C)C. The first-order valence-corrected chi connectivity index (χ1v) is 26.3. The molecule has 18 nitrogen and oxygen atoms in total. The van der Waals surface area contributed by atoms with Crippen molar-refractivity contribution in [1.82, 2.24) is 9.80 Å². The van der Waals surface area contributed by atoms with Crippen LogP contribution in [0.25, 0.3) is 0 Å². The van der Waals surface area contributed by atoms with Crippen molar-refractivity contribution in [3.8, 4) is 11.5 Å². The molecule has 0 aliphatic carbocycles. The molecular weight excluding hydrogens is 929 g/mol. The Balaban J connectivity index is 0.874. The van der Waals surface area contributed by atoms with Crippen LogP contribution in [-0.2, 0) is 37.9 Å². The predicted molar refractivity (Wildman–Crippen MR) is 266 cm³/mol. The minimum atomic E-state index is -0.930. The predicted octanol–water partition coefficient (Wildman–Crippen LogP) is 9.19. The summed E-state index contributed by atoms with van der Waals surface area (Å²) in [5.74, 6) is 0.553. The second-order valence-corrected chi connectivity index (χ2v) is 21.6. The van der Waals surface area contributed by atoms with Gasteiger partial charge in [-0.3, -0.25) is 9.59 Å². The highest BCUT2D eigenvalue weighted by Crippen LogP contribution is 2.42. The third-order valence-corrected chi connectivity index (χ3v) is 14.0. The molecule has 4 amide bonds. The van der Waals surface area contributed by atoms with Crippen molar-refractivity contribution in [2.75, 3.05) is 63.5 Å². The summed E-state index contributed by atoms with van der Waals surface area (Å²) in [5, 5.41) is 0. The number of unbranched alkanes of at least 4 members (excludes halogenated alkanes) is 5. The van der Waals surface area contributed by atoms with E-state index in [0.717, 1.165) is 64.2 Å². The van der Waals surface area contributed by atoms with E-state index in [0.29, 0.717) is 99.2 Å². The molecule has 0 radical (unpaired) electrons. The van der Waals surface area contributed by atoms with Gasteiger partial charge in [-0.1, -0.05) is 25.7 Å². The molecule has 8 rings (SSSR count). The molecule has 72 heavy (non-hydrogen) atoms. The summed E-state index contributed by atoms with van der Waals surface area (Å²) in [7, 11) is 3.09. The maximum atomic E-state index is 14.4. The molecule has 0 bridgehead atoms. The van der Waals surface area contributed by atoms with Crippen molar-refractivity contribution in [2.45, 2.75) is 192 Å². The van der Waals surface area contributed by atoms with E-state index in [4.69, 9.17) is 47.4 Å². The molecule has 6 aliphatic rings. The number of rotatable bonds is 17. The first-order valence-electron chi connectivity index (χ1n) is 26.3. The molecule has 8 atom stereocenters. The normalized spacial score (nSPS) is 26.6. The minimum Gasteiger partial charge on any atom is -0.497 e. The molecule has 4 saturated heterocycles. The topological polar surface area (TPSA) is 174 Å². The van der Waals surface area contributed by atoms with Crippen molar-refractivity contribution in [3.63, 3.8) is 0 Å². The van der Waals surface area contributed by atoms with Crippen molar-refractivity contribution < 1.29 is 66.5 Å². The average molecular weight is 1010 g/mol. The van der Waals surface area contributed by atoms with Gasteiger partial charge in [-0.2, -0.15) is 0 Å². The van der Waals surface area contributed by atoms with Gasteiger partial charge in [0.25, 0.3) is 11.8 Å². The van der Waals surface area contributed by atoms with Crippen LogP contribution in [0.4, 0.5) is 21.0 Å². The summed E-state index contributed by atoms with van der Waals surface area (Å²) in [6.45, 7) is 13.8. The zero-order valence-corrected chi connectivity index (χ0v) is 43.7. The van der Waals surface area contributed by atoms with Gasteiger partial charge in [-0.25, -0.2) is 19.4 Å². The van der Waals surface area contributed by atoms with E-state index < -0.39 is 72.7 Å². The van der Waals surface area contributed by atoms with Crippen LogP contribution in [0.2, 0.25) is 0 Å². The molecule has 2 aromatic carbocycles. The lowest BCUT2D eigenvalue weighted by atomic mass is 10.1. The molecule has 18 heteroatoms. The number of carbonyl (C=O) groups is 4. The van der Waals surface area contributed by atoms with E-state index >= 15 is 0 Å². The maximum Gasteiger partial charge on any atom is 0.417 e. The fourth-order valence-corrected chi connectivity index (χ4v) is 10.7. The number of carbonyl (C=O) groups excluding carboxylic acids is 4. The van der Waals surface area contributed by atoms with Gasteiger partial charge >= 0.3 is 12.2 Å². The molecular formula is C54H78N4O14. The lowest BCUT2D eigenvalue weighted by Gasteiger charge is -2.40. The highest BCUT2D eigenvalue weighted by Gasteiger charge is 2.54. The number of nitrogens with zero attached hydrogens (tertiary/aromatic N) is 4. The Labute approximate surface area is 425 Å². The van der Waals surface area contributed by atoms with Crippen molar-refractivity contribution in [2.24, 2.45) is 0 Å². The highest BCUT2D eigenvalue weighted by molar-refractivity contribution is 6.06. The van der Waals surface area contributed by atoms with Crippen molar-refractivity contribution in [1.29, 1.82) is 0 Å². The molecule has 398 valence electrons. The van der Waals surface area contributed by atoms with Gasteiger partial charge in [0.1, 0.15) is 34.8 Å². The Hall–Kier alpha value is -4.72. The highest BCUT2D eigenvalue weighted by atomic mass is 16.7. The number of hydrogen-bond donors (Lipinski definition) is 0. The van der Waals surface area contributed by atoms with Crippen LogP contribution in [-0.4, -0.2) is 148 Å². The van der Waals surface area contributed by atoms with Crippen molar-refractivity contribution in [3.05, 3.63) is 47.5 Å². The van der Waals surface area contributed by atoms with E-state index in [1.807, 2.05) is 41.5 Å². The van der Waals surface area contributed by atoms with Gasteiger partial charge in [0.05, 0.1) is 48.9 Å². The molecule has 4 unspecified atom stereocenters. The Bertz CT molecular complexity index is 2030. The first-order chi connectivity index (χ1) is 34.5. The van der Waals surface area contributed by atoms with Gasteiger partial charge < -0.3 is 57.2 Å². The molecule has 6 aliphatic heterocycles. The second kappa shape index (κ2) is 23.7. The molecule has 0 spiro atoms. The van der Waals surface area contributed by atoms with Crippen LogP contribution < -0.4 is 19.3 Å². The molecule has 0 N–H and O–H groups in total. The van der Waals surface area contributed by atoms with Gasteiger partial charge in [0, 0.05) is 39.5 Å². The molecule has 0 aromatic heterocycles. The number of ether oxygens (including phenoxy) is 10. The summed E-state index contributed by atoms with van der Waals surface area (Å²) in [6, 6.07) is 9.03. The van der Waals surface area contributed by atoms with E-state index in [1.165, 1.54) is 9.80 Å². The summed E-state index contributed by atoms with van der Waals surface area (Å²) >= 11 is 0. The minimum absolute atomic E-state index is 0.224. The van der Waals surface area contributed by atoms with Crippen LogP contribution >= 0.6 is 0 Å².